The van der Waals surface area contributed by atoms with Crippen molar-refractivity contribution in [3.8, 4) is 0 Å². The van der Waals surface area contributed by atoms with E-state index < -0.39 is 11.2 Å². The monoisotopic (exact) mass is 412 g/mol. The Bertz CT molecular complexity index is 943. The molecule has 2 fully saturated rings. The summed E-state index contributed by atoms with van der Waals surface area (Å²) in [7, 11) is 0. The Balaban J connectivity index is 1.50. The summed E-state index contributed by atoms with van der Waals surface area (Å²) in [4.78, 5) is 44.0. The Morgan fingerprint density at radius 2 is 1.79 bits per heavy atom. The molecule has 0 aliphatic carbocycles. The molecular formula is C20H18N3O5S-. The summed E-state index contributed by atoms with van der Waals surface area (Å²) >= 11 is 0.976. The van der Waals surface area contributed by atoms with Gasteiger partial charge in [0.05, 0.1) is 30.1 Å². The second kappa shape index (κ2) is 8.22. The van der Waals surface area contributed by atoms with Crippen LogP contribution in [0.2, 0.25) is 0 Å². The minimum Gasteiger partial charge on any atom is -0.545 e. The van der Waals surface area contributed by atoms with Gasteiger partial charge in [-0.1, -0.05) is 11.8 Å². The molecule has 150 valence electrons. The van der Waals surface area contributed by atoms with E-state index >= 15 is 0 Å². The van der Waals surface area contributed by atoms with Crippen molar-refractivity contribution < 1.29 is 24.2 Å². The summed E-state index contributed by atoms with van der Waals surface area (Å²) in [6.45, 7) is 2.94. The lowest BCUT2D eigenvalue weighted by atomic mass is 10.2. The van der Waals surface area contributed by atoms with E-state index in [2.05, 4.69) is 9.88 Å². The van der Waals surface area contributed by atoms with E-state index in [9.17, 15) is 19.5 Å². The summed E-state index contributed by atoms with van der Waals surface area (Å²) < 4.78 is 5.35. The highest BCUT2D eigenvalue weighted by atomic mass is 32.2. The van der Waals surface area contributed by atoms with Crippen molar-refractivity contribution in [1.29, 1.82) is 0 Å². The van der Waals surface area contributed by atoms with Gasteiger partial charge in [0.25, 0.3) is 0 Å². The van der Waals surface area contributed by atoms with Crippen molar-refractivity contribution in [3.05, 3.63) is 48.2 Å². The molecule has 2 amide bonds. The fourth-order valence-corrected chi connectivity index (χ4v) is 4.48. The zero-order valence-electron chi connectivity index (χ0n) is 15.4. The summed E-state index contributed by atoms with van der Waals surface area (Å²) in [6, 6.07) is 10.1. The van der Waals surface area contributed by atoms with Crippen molar-refractivity contribution in [2.45, 2.75) is 16.7 Å². The molecule has 0 radical (unpaired) electrons. The van der Waals surface area contributed by atoms with Crippen molar-refractivity contribution in [3.63, 3.8) is 0 Å². The topological polar surface area (TPSA) is 103 Å². The molecule has 8 nitrogen and oxygen atoms in total. The Kier molecular flexibility index (Phi) is 5.50. The number of aromatic nitrogens is 1. The second-order valence-electron chi connectivity index (χ2n) is 6.64. The normalized spacial score (nSPS) is 19.7. The number of hydrogen-bond donors (Lipinski definition) is 0. The lowest BCUT2D eigenvalue weighted by Gasteiger charge is -2.29. The standard InChI is InChI=1S/C20H19N3O5S/c24-17-12-16(29-18-15(20(26)27)2-1-7-21-18)19(25)23(17)14-5-3-13(4-6-14)22-8-10-28-11-9-22/h1-7,16H,8-12H2,(H,26,27)/p-1/t16-/m1/s1. The third kappa shape index (κ3) is 3.96. The van der Waals surface area contributed by atoms with Crippen LogP contribution in [0.25, 0.3) is 0 Å². The molecule has 1 aromatic heterocycles. The highest BCUT2D eigenvalue weighted by molar-refractivity contribution is 8.00. The molecule has 0 N–H and O–H groups in total. The Hall–Kier alpha value is -2.91. The minimum atomic E-state index is -1.37. The molecule has 0 saturated carbocycles. The Morgan fingerprint density at radius 1 is 1.10 bits per heavy atom. The second-order valence-corrected chi connectivity index (χ2v) is 7.83. The van der Waals surface area contributed by atoms with Crippen molar-refractivity contribution >= 4 is 40.9 Å². The lowest BCUT2D eigenvalue weighted by molar-refractivity contribution is -0.255. The number of carboxylic acid groups (broad SMARTS) is 1. The molecule has 9 heteroatoms. The number of nitrogens with zero attached hydrogens (tertiary/aromatic N) is 3. The molecule has 0 spiro atoms. The van der Waals surface area contributed by atoms with Gasteiger partial charge in [0.15, 0.2) is 0 Å². The number of benzene rings is 1. The van der Waals surface area contributed by atoms with E-state index in [-0.39, 0.29) is 28.8 Å². The number of carbonyl (C=O) groups is 3. The van der Waals surface area contributed by atoms with Gasteiger partial charge in [0.2, 0.25) is 11.8 Å². The van der Waals surface area contributed by atoms with E-state index in [0.29, 0.717) is 18.9 Å². The predicted molar refractivity (Wildman–Crippen MR) is 105 cm³/mol. The van der Waals surface area contributed by atoms with Crippen molar-refractivity contribution in [2.75, 3.05) is 36.1 Å². The van der Waals surface area contributed by atoms with Crippen LogP contribution in [0, 0.1) is 0 Å². The van der Waals surface area contributed by atoms with Crippen molar-refractivity contribution in [1.82, 2.24) is 4.98 Å². The van der Waals surface area contributed by atoms with Crippen LogP contribution in [0.4, 0.5) is 11.4 Å². The number of imide groups is 1. The van der Waals surface area contributed by atoms with Gasteiger partial charge >= 0.3 is 0 Å². The number of carboxylic acids is 1. The zero-order valence-corrected chi connectivity index (χ0v) is 16.3. The van der Waals surface area contributed by atoms with Crippen LogP contribution in [-0.4, -0.2) is 54.3 Å². The van der Waals surface area contributed by atoms with E-state index in [1.807, 2.05) is 12.1 Å². The highest BCUT2D eigenvalue weighted by Crippen LogP contribution is 2.35. The molecule has 0 bridgehead atoms. The fraction of sp³-hybridized carbons (Fsp3) is 0.300. The first-order valence-electron chi connectivity index (χ1n) is 9.17. The maximum absolute atomic E-state index is 12.9. The summed E-state index contributed by atoms with van der Waals surface area (Å²) in [5.74, 6) is -2.07. The summed E-state index contributed by atoms with van der Waals surface area (Å²) in [5.41, 5.74) is 1.42. The van der Waals surface area contributed by atoms with Gasteiger partial charge < -0.3 is 19.5 Å². The number of morpholine rings is 1. The number of ether oxygens (including phenoxy) is 1. The largest absolute Gasteiger partial charge is 0.545 e. The first-order chi connectivity index (χ1) is 14.0. The quantitative estimate of drug-likeness (QED) is 0.662. The minimum absolute atomic E-state index is 0.0161. The number of aromatic carboxylic acids is 1. The van der Waals surface area contributed by atoms with Gasteiger partial charge in [0.1, 0.15) is 5.03 Å². The number of anilines is 2. The van der Waals surface area contributed by atoms with Gasteiger partial charge in [-0.15, -0.1) is 0 Å². The van der Waals surface area contributed by atoms with Crippen LogP contribution in [0.5, 0.6) is 0 Å². The van der Waals surface area contributed by atoms with Gasteiger partial charge in [0, 0.05) is 37.0 Å². The van der Waals surface area contributed by atoms with E-state index in [1.165, 1.54) is 18.3 Å². The number of thioether (sulfide) groups is 1. The number of amides is 2. The SMILES string of the molecule is O=C([O-])c1cccnc1S[C@@H]1CC(=O)N(c2ccc(N3CCOCC3)cc2)C1=O. The molecule has 29 heavy (non-hydrogen) atoms. The molecule has 2 aliphatic rings. The van der Waals surface area contributed by atoms with E-state index in [4.69, 9.17) is 4.74 Å². The number of hydrogen-bond acceptors (Lipinski definition) is 8. The number of pyridine rings is 1. The molecule has 0 unspecified atom stereocenters. The molecule has 2 aromatic rings. The smallest absolute Gasteiger partial charge is 0.247 e. The first-order valence-corrected chi connectivity index (χ1v) is 10.0. The third-order valence-corrected chi connectivity index (χ3v) is 6.04. The average molecular weight is 412 g/mol. The third-order valence-electron chi connectivity index (χ3n) is 4.83. The van der Waals surface area contributed by atoms with Crippen LogP contribution in [0.3, 0.4) is 0 Å². The molecule has 3 heterocycles. The highest BCUT2D eigenvalue weighted by Gasteiger charge is 2.40. The van der Waals surface area contributed by atoms with Crippen LogP contribution >= 0.6 is 11.8 Å². The maximum Gasteiger partial charge on any atom is 0.247 e. The van der Waals surface area contributed by atoms with Gasteiger partial charge in [-0.3, -0.25) is 9.59 Å². The molecule has 1 atom stereocenters. The Morgan fingerprint density at radius 3 is 2.48 bits per heavy atom. The maximum atomic E-state index is 12.9. The van der Waals surface area contributed by atoms with Crippen LogP contribution in [0.1, 0.15) is 16.8 Å². The van der Waals surface area contributed by atoms with Crippen LogP contribution in [0.15, 0.2) is 47.6 Å². The van der Waals surface area contributed by atoms with E-state index in [0.717, 1.165) is 35.4 Å². The predicted octanol–water partition coefficient (Wildman–Crippen LogP) is 0.706. The van der Waals surface area contributed by atoms with E-state index in [1.54, 1.807) is 12.1 Å². The van der Waals surface area contributed by atoms with Crippen molar-refractivity contribution in [2.24, 2.45) is 0 Å². The fourth-order valence-electron chi connectivity index (χ4n) is 3.38. The first kappa shape index (κ1) is 19.4. The molecule has 4 rings (SSSR count). The van der Waals surface area contributed by atoms with Crippen LogP contribution in [-0.2, 0) is 14.3 Å². The average Bonchev–Trinajstić information content (AvgIpc) is 3.02. The lowest BCUT2D eigenvalue weighted by Crippen LogP contribution is -2.36. The van der Waals surface area contributed by atoms with Gasteiger partial charge in [-0.05, 0) is 36.4 Å². The summed E-state index contributed by atoms with van der Waals surface area (Å²) in [5, 5.41) is 10.7. The van der Waals surface area contributed by atoms with Gasteiger partial charge in [-0.2, -0.15) is 0 Å². The van der Waals surface area contributed by atoms with Crippen LogP contribution < -0.4 is 14.9 Å². The molecule has 2 saturated heterocycles. The Labute approximate surface area is 171 Å². The zero-order chi connectivity index (χ0) is 20.4. The molecule has 2 aliphatic heterocycles. The van der Waals surface area contributed by atoms with Gasteiger partial charge in [-0.25, -0.2) is 9.88 Å². The molecular weight excluding hydrogens is 394 g/mol. The number of carbonyl (C=O) groups excluding carboxylic acids is 3. The number of rotatable bonds is 5. The summed E-state index contributed by atoms with van der Waals surface area (Å²) in [6.07, 6.45) is 1.43. The molecule has 1 aromatic carbocycles.